The summed E-state index contributed by atoms with van der Waals surface area (Å²) < 4.78 is 44.3. The number of anilines is 1. The number of nitrogens with zero attached hydrogens (tertiary/aromatic N) is 1. The van der Waals surface area contributed by atoms with Crippen molar-refractivity contribution in [1.29, 1.82) is 0 Å². The van der Waals surface area contributed by atoms with Crippen LogP contribution in [0.2, 0.25) is 0 Å². The molecule has 0 bridgehead atoms. The molecule has 32 heavy (non-hydrogen) atoms. The van der Waals surface area contributed by atoms with Crippen LogP contribution in [0.25, 0.3) is 11.6 Å². The summed E-state index contributed by atoms with van der Waals surface area (Å²) in [5, 5.41) is 13.3. The first-order valence-electron chi connectivity index (χ1n) is 9.41. The molecular weight excluding hydrogens is 425 g/mol. The Morgan fingerprint density at radius 2 is 1.78 bits per heavy atom. The summed E-state index contributed by atoms with van der Waals surface area (Å²) in [6.07, 6.45) is -2.91. The number of nitro groups is 1. The van der Waals surface area contributed by atoms with E-state index in [2.05, 4.69) is 5.32 Å². The Kier molecular flexibility index (Phi) is 5.40. The highest BCUT2D eigenvalue weighted by atomic mass is 19.4. The van der Waals surface area contributed by atoms with Crippen LogP contribution in [-0.4, -0.2) is 10.8 Å². The third-order valence-corrected chi connectivity index (χ3v) is 4.85. The average Bonchev–Trinajstić information content (AvgIpc) is 3.07. The lowest BCUT2D eigenvalue weighted by Gasteiger charge is -2.08. The quantitative estimate of drug-likeness (QED) is 0.314. The standard InChI is InChI=1S/C23H15F3N2O4/c24-23(25,26)16-6-9-19-20(22(29)27-21(19)12-16)11-14-4-7-18(8-5-14)32-13-15-2-1-3-17(10-15)28(30)31/h1-12H,13H2,(H,27,29)/b20-11-. The molecule has 1 N–H and O–H groups in total. The van der Waals surface area contributed by atoms with Crippen LogP contribution >= 0.6 is 0 Å². The Balaban J connectivity index is 1.49. The summed E-state index contributed by atoms with van der Waals surface area (Å²) in [5.41, 5.74) is 1.23. The topological polar surface area (TPSA) is 81.5 Å². The zero-order valence-electron chi connectivity index (χ0n) is 16.3. The number of nitro benzene ring substituents is 1. The van der Waals surface area contributed by atoms with E-state index in [1.165, 1.54) is 18.2 Å². The van der Waals surface area contributed by atoms with Crippen LogP contribution in [0.4, 0.5) is 24.5 Å². The molecular formula is C23H15F3N2O4. The summed E-state index contributed by atoms with van der Waals surface area (Å²) in [6.45, 7) is 0.138. The number of ether oxygens (including phenoxy) is 1. The first-order valence-corrected chi connectivity index (χ1v) is 9.41. The molecule has 0 unspecified atom stereocenters. The van der Waals surface area contributed by atoms with E-state index in [1.807, 2.05) is 0 Å². The van der Waals surface area contributed by atoms with Crippen molar-refractivity contribution in [3.8, 4) is 5.75 Å². The smallest absolute Gasteiger partial charge is 0.416 e. The molecule has 6 nitrogen and oxygen atoms in total. The van der Waals surface area contributed by atoms with Crippen molar-refractivity contribution in [1.82, 2.24) is 0 Å². The molecule has 9 heteroatoms. The molecule has 3 aromatic rings. The molecule has 0 saturated carbocycles. The molecule has 162 valence electrons. The second kappa shape index (κ2) is 8.18. The van der Waals surface area contributed by atoms with Crippen LogP contribution in [-0.2, 0) is 17.6 Å². The van der Waals surface area contributed by atoms with Crippen LogP contribution < -0.4 is 10.1 Å². The largest absolute Gasteiger partial charge is 0.489 e. The van der Waals surface area contributed by atoms with E-state index in [9.17, 15) is 28.1 Å². The number of fused-ring (bicyclic) bond motifs is 1. The normalized spacial score (nSPS) is 14.2. The Hall–Kier alpha value is -4.14. The van der Waals surface area contributed by atoms with Gasteiger partial charge in [0.25, 0.3) is 11.6 Å². The number of benzene rings is 3. The van der Waals surface area contributed by atoms with Crippen molar-refractivity contribution in [3.63, 3.8) is 0 Å². The second-order valence-electron chi connectivity index (χ2n) is 7.05. The van der Waals surface area contributed by atoms with Crippen LogP contribution in [0.3, 0.4) is 0 Å². The van der Waals surface area contributed by atoms with E-state index in [0.29, 0.717) is 22.4 Å². The first kappa shape index (κ1) is 21.1. The maximum atomic E-state index is 12.9. The van der Waals surface area contributed by atoms with Gasteiger partial charge >= 0.3 is 6.18 Å². The van der Waals surface area contributed by atoms with Crippen molar-refractivity contribution >= 4 is 28.9 Å². The molecule has 1 aliphatic rings. The Labute approximate surface area is 180 Å². The maximum Gasteiger partial charge on any atom is 0.416 e. The van der Waals surface area contributed by atoms with E-state index in [0.717, 1.165) is 12.1 Å². The highest BCUT2D eigenvalue weighted by molar-refractivity contribution is 6.34. The lowest BCUT2D eigenvalue weighted by Crippen LogP contribution is -2.06. The van der Waals surface area contributed by atoms with Crippen LogP contribution in [0.1, 0.15) is 22.3 Å². The van der Waals surface area contributed by atoms with Crippen molar-refractivity contribution in [2.24, 2.45) is 0 Å². The molecule has 1 amide bonds. The molecule has 4 rings (SSSR count). The molecule has 0 aromatic heterocycles. The fourth-order valence-electron chi connectivity index (χ4n) is 3.27. The number of carbonyl (C=O) groups excluding carboxylic acids is 1. The maximum absolute atomic E-state index is 12.9. The number of carbonyl (C=O) groups is 1. The molecule has 1 aliphatic heterocycles. The Morgan fingerprint density at radius 1 is 1.03 bits per heavy atom. The first-order chi connectivity index (χ1) is 15.2. The number of non-ortho nitro benzene ring substituents is 1. The van der Waals surface area contributed by atoms with E-state index < -0.39 is 22.6 Å². The second-order valence-corrected chi connectivity index (χ2v) is 7.05. The van der Waals surface area contributed by atoms with Crippen molar-refractivity contribution < 1.29 is 27.6 Å². The van der Waals surface area contributed by atoms with Gasteiger partial charge in [-0.3, -0.25) is 14.9 Å². The molecule has 0 fully saturated rings. The van der Waals surface area contributed by atoms with Crippen LogP contribution in [0.15, 0.2) is 66.7 Å². The van der Waals surface area contributed by atoms with Gasteiger partial charge in [0.1, 0.15) is 12.4 Å². The van der Waals surface area contributed by atoms with E-state index >= 15 is 0 Å². The number of halogens is 3. The summed E-state index contributed by atoms with van der Waals surface area (Å²) in [4.78, 5) is 22.6. The number of hydrogen-bond donors (Lipinski definition) is 1. The molecule has 3 aromatic carbocycles. The highest BCUT2D eigenvalue weighted by Gasteiger charge is 2.33. The van der Waals surface area contributed by atoms with Gasteiger partial charge < -0.3 is 10.1 Å². The van der Waals surface area contributed by atoms with Crippen molar-refractivity contribution in [2.75, 3.05) is 5.32 Å². The minimum Gasteiger partial charge on any atom is -0.489 e. The van der Waals surface area contributed by atoms with Crippen LogP contribution in [0, 0.1) is 10.1 Å². The fraction of sp³-hybridized carbons (Fsp3) is 0.0870. The minimum atomic E-state index is -4.49. The number of alkyl halides is 3. The zero-order chi connectivity index (χ0) is 22.9. The number of nitrogens with one attached hydrogen (secondary N) is 1. The van der Waals surface area contributed by atoms with Gasteiger partial charge in [-0.25, -0.2) is 0 Å². The average molecular weight is 440 g/mol. The van der Waals surface area contributed by atoms with Gasteiger partial charge in [0.2, 0.25) is 0 Å². The van der Waals surface area contributed by atoms with Gasteiger partial charge in [0.05, 0.1) is 10.5 Å². The number of hydrogen-bond acceptors (Lipinski definition) is 4. The van der Waals surface area contributed by atoms with Crippen molar-refractivity contribution in [2.45, 2.75) is 12.8 Å². The van der Waals surface area contributed by atoms with Gasteiger partial charge in [-0.1, -0.05) is 30.3 Å². The third-order valence-electron chi connectivity index (χ3n) is 4.85. The monoisotopic (exact) mass is 440 g/mol. The summed E-state index contributed by atoms with van der Waals surface area (Å²) in [6, 6.07) is 16.0. The van der Waals surface area contributed by atoms with Gasteiger partial charge in [-0.15, -0.1) is 0 Å². The lowest BCUT2D eigenvalue weighted by atomic mass is 10.0. The van der Waals surface area contributed by atoms with E-state index in [-0.39, 0.29) is 23.6 Å². The molecule has 0 spiro atoms. The minimum absolute atomic E-state index is 0.0226. The number of rotatable bonds is 5. The molecule has 1 heterocycles. The number of amides is 1. The van der Waals surface area contributed by atoms with Crippen molar-refractivity contribution in [3.05, 3.63) is 99.1 Å². The summed E-state index contributed by atoms with van der Waals surface area (Å²) >= 11 is 0. The predicted molar refractivity (Wildman–Crippen MR) is 112 cm³/mol. The van der Waals surface area contributed by atoms with E-state index in [4.69, 9.17) is 4.74 Å². The van der Waals surface area contributed by atoms with Gasteiger partial charge in [-0.2, -0.15) is 13.2 Å². The molecule has 0 saturated heterocycles. The third kappa shape index (κ3) is 4.46. The summed E-state index contributed by atoms with van der Waals surface area (Å²) in [5.74, 6) is 0.0371. The van der Waals surface area contributed by atoms with Gasteiger partial charge in [-0.05, 0) is 41.5 Å². The van der Waals surface area contributed by atoms with Crippen LogP contribution in [0.5, 0.6) is 5.75 Å². The zero-order valence-corrected chi connectivity index (χ0v) is 16.3. The Morgan fingerprint density at radius 3 is 2.47 bits per heavy atom. The Bertz CT molecular complexity index is 1230. The van der Waals surface area contributed by atoms with Gasteiger partial charge in [0, 0.05) is 29.0 Å². The SMILES string of the molecule is O=C1Nc2cc(C(F)(F)F)ccc2/C1=C/c1ccc(OCc2cccc([N+](=O)[O-])c2)cc1. The molecule has 0 atom stereocenters. The molecule has 0 aliphatic carbocycles. The predicted octanol–water partition coefficient (Wildman–Crippen LogP) is 5.69. The van der Waals surface area contributed by atoms with Gasteiger partial charge in [0.15, 0.2) is 0 Å². The fourth-order valence-corrected chi connectivity index (χ4v) is 3.27. The summed E-state index contributed by atoms with van der Waals surface area (Å²) in [7, 11) is 0. The lowest BCUT2D eigenvalue weighted by molar-refractivity contribution is -0.384. The molecule has 0 radical (unpaired) electrons. The van der Waals surface area contributed by atoms with E-state index in [1.54, 1.807) is 42.5 Å². The highest BCUT2D eigenvalue weighted by Crippen LogP contribution is 2.38.